The van der Waals surface area contributed by atoms with E-state index in [9.17, 15) is 4.79 Å². The molecule has 0 bridgehead atoms. The van der Waals surface area contributed by atoms with Gasteiger partial charge >= 0.3 is 0 Å². The molecular weight excluding hydrogens is 363 g/mol. The van der Waals surface area contributed by atoms with E-state index in [4.69, 9.17) is 5.10 Å². The summed E-state index contributed by atoms with van der Waals surface area (Å²) in [5.74, 6) is 0.0499. The van der Waals surface area contributed by atoms with Crippen molar-refractivity contribution in [2.75, 3.05) is 11.2 Å². The van der Waals surface area contributed by atoms with Crippen LogP contribution < -0.4 is 15.6 Å². The number of rotatable bonds is 4. The van der Waals surface area contributed by atoms with Crippen LogP contribution in [0.5, 0.6) is 0 Å². The number of hydrogen-bond acceptors (Lipinski definition) is 3. The van der Waals surface area contributed by atoms with Gasteiger partial charge in [0.25, 0.3) is 5.45 Å². The molecular formula is C24H24N2OP+. The third-order valence-corrected chi connectivity index (χ3v) is 9.81. The Morgan fingerprint density at radius 3 is 1.79 bits per heavy atom. The molecule has 0 spiro atoms. The quantitative estimate of drug-likeness (QED) is 0.619. The van der Waals surface area contributed by atoms with E-state index in [-0.39, 0.29) is 11.8 Å². The van der Waals surface area contributed by atoms with Crippen LogP contribution in [-0.4, -0.2) is 23.4 Å². The van der Waals surface area contributed by atoms with Gasteiger partial charge in [0.05, 0.1) is 17.9 Å². The molecule has 0 aliphatic carbocycles. The van der Waals surface area contributed by atoms with E-state index in [1.807, 2.05) is 47.5 Å². The molecule has 0 saturated carbocycles. The lowest BCUT2D eigenvalue weighted by Crippen LogP contribution is -2.47. The number of ketones is 1. The second kappa shape index (κ2) is 7.69. The maximum atomic E-state index is 12.9. The maximum Gasteiger partial charge on any atom is 0.252 e. The summed E-state index contributed by atoms with van der Waals surface area (Å²) in [6, 6.07) is 31.2. The molecule has 4 rings (SSSR count). The number of hydrogen-bond donors (Lipinski definition) is 0. The molecule has 28 heavy (non-hydrogen) atoms. The first-order valence-electron chi connectivity index (χ1n) is 9.56. The number of nitrogens with zero attached hydrogens (tertiary/aromatic N) is 2. The lowest BCUT2D eigenvalue weighted by Gasteiger charge is -2.38. The Morgan fingerprint density at radius 2 is 1.32 bits per heavy atom. The molecule has 4 heteroatoms. The molecule has 0 saturated heterocycles. The van der Waals surface area contributed by atoms with Crippen LogP contribution >= 0.6 is 7.26 Å². The number of anilines is 1. The van der Waals surface area contributed by atoms with Crippen LogP contribution in [0, 0.1) is 0 Å². The number of para-hydroxylation sites is 1. The van der Waals surface area contributed by atoms with Crippen LogP contribution in [0.25, 0.3) is 0 Å². The normalized spacial score (nSPS) is 18.4. The van der Waals surface area contributed by atoms with Crippen LogP contribution in [0.4, 0.5) is 5.69 Å². The van der Waals surface area contributed by atoms with Gasteiger partial charge in [0.15, 0.2) is 0 Å². The van der Waals surface area contributed by atoms with Gasteiger partial charge in [-0.1, -0.05) is 54.6 Å². The number of Topliss-reactive ketones (excluding diaryl/α,β-unsaturated/α-hetero) is 1. The fourth-order valence-corrected chi connectivity index (χ4v) is 8.52. The number of hydrazone groups is 1. The minimum absolute atomic E-state index is 0.0499. The second-order valence-corrected chi connectivity index (χ2v) is 10.6. The molecule has 1 atom stereocenters. The van der Waals surface area contributed by atoms with Crippen molar-refractivity contribution in [2.45, 2.75) is 19.9 Å². The molecule has 0 radical (unpaired) electrons. The smallest absolute Gasteiger partial charge is 0.252 e. The molecule has 0 amide bonds. The SMILES string of the molecule is CC(=O)C1=NN(c2ccccc2)C(C)C[P+]1(c1ccccc1)c1ccccc1. The number of carbonyl (C=O) groups is 1. The molecule has 1 aliphatic rings. The molecule has 0 aromatic heterocycles. The fourth-order valence-electron chi connectivity index (χ4n) is 4.04. The first-order valence-corrected chi connectivity index (χ1v) is 11.5. The van der Waals surface area contributed by atoms with Crippen LogP contribution in [-0.2, 0) is 4.79 Å². The molecule has 3 aromatic rings. The average Bonchev–Trinajstić information content (AvgIpc) is 2.75. The van der Waals surface area contributed by atoms with Crippen molar-refractivity contribution in [1.82, 2.24) is 0 Å². The van der Waals surface area contributed by atoms with Gasteiger partial charge in [-0.3, -0.25) is 9.80 Å². The Bertz CT molecular complexity index is 947. The maximum absolute atomic E-state index is 12.9. The average molecular weight is 387 g/mol. The van der Waals surface area contributed by atoms with Crippen LogP contribution in [0.3, 0.4) is 0 Å². The summed E-state index contributed by atoms with van der Waals surface area (Å²) in [7, 11) is -2.12. The van der Waals surface area contributed by atoms with Gasteiger partial charge in [-0.05, 0) is 43.3 Å². The molecule has 140 valence electrons. The summed E-state index contributed by atoms with van der Waals surface area (Å²) in [5, 5.41) is 9.44. The second-order valence-electron chi connectivity index (χ2n) is 7.17. The Morgan fingerprint density at radius 1 is 0.857 bits per heavy atom. The van der Waals surface area contributed by atoms with Gasteiger partial charge in [-0.25, -0.2) is 0 Å². The number of carbonyl (C=O) groups excluding carboxylic acids is 1. The van der Waals surface area contributed by atoms with Crippen LogP contribution in [0.1, 0.15) is 13.8 Å². The molecule has 0 fully saturated rings. The van der Waals surface area contributed by atoms with Crippen molar-refractivity contribution in [3.8, 4) is 0 Å². The summed E-state index contributed by atoms with van der Waals surface area (Å²) in [6.45, 7) is 3.85. The zero-order valence-electron chi connectivity index (χ0n) is 16.2. The van der Waals surface area contributed by atoms with Gasteiger partial charge < -0.3 is 0 Å². The van der Waals surface area contributed by atoms with E-state index in [2.05, 4.69) is 55.5 Å². The van der Waals surface area contributed by atoms with E-state index in [1.54, 1.807) is 6.92 Å². The summed E-state index contributed by atoms with van der Waals surface area (Å²) >= 11 is 0. The van der Waals surface area contributed by atoms with E-state index in [0.29, 0.717) is 5.45 Å². The third-order valence-electron chi connectivity index (χ3n) is 5.25. The Hall–Kier alpha value is -2.77. The monoisotopic (exact) mass is 387 g/mol. The fraction of sp³-hybridized carbons (Fsp3) is 0.167. The van der Waals surface area contributed by atoms with E-state index in [1.165, 1.54) is 10.6 Å². The summed E-state index contributed by atoms with van der Waals surface area (Å²) in [5.41, 5.74) is 1.72. The van der Waals surface area contributed by atoms with Crippen molar-refractivity contribution in [3.63, 3.8) is 0 Å². The van der Waals surface area contributed by atoms with E-state index < -0.39 is 7.26 Å². The Balaban J connectivity index is 1.97. The van der Waals surface area contributed by atoms with Crippen LogP contribution in [0.15, 0.2) is 96.1 Å². The van der Waals surface area contributed by atoms with Crippen molar-refractivity contribution in [3.05, 3.63) is 91.0 Å². The Labute approximate surface area is 167 Å². The van der Waals surface area contributed by atoms with Crippen LogP contribution in [0.2, 0.25) is 0 Å². The lowest BCUT2D eigenvalue weighted by atomic mass is 10.2. The predicted molar refractivity (Wildman–Crippen MR) is 120 cm³/mol. The molecule has 1 heterocycles. The van der Waals surface area contributed by atoms with Gasteiger partial charge in [0.2, 0.25) is 5.78 Å². The zero-order valence-corrected chi connectivity index (χ0v) is 17.1. The molecule has 0 N–H and O–H groups in total. The first kappa shape index (κ1) is 18.6. The van der Waals surface area contributed by atoms with Crippen molar-refractivity contribution in [2.24, 2.45) is 5.10 Å². The summed E-state index contributed by atoms with van der Waals surface area (Å²) in [6.07, 6.45) is 0.883. The number of benzene rings is 3. The predicted octanol–water partition coefficient (Wildman–Crippen LogP) is 4.47. The molecule has 3 aromatic carbocycles. The van der Waals surface area contributed by atoms with Crippen molar-refractivity contribution < 1.29 is 4.79 Å². The highest BCUT2D eigenvalue weighted by Gasteiger charge is 2.55. The third kappa shape index (κ3) is 3.16. The van der Waals surface area contributed by atoms with Gasteiger partial charge in [0, 0.05) is 6.92 Å². The van der Waals surface area contributed by atoms with E-state index >= 15 is 0 Å². The van der Waals surface area contributed by atoms with Gasteiger partial charge in [-0.15, -0.1) is 5.10 Å². The highest BCUT2D eigenvalue weighted by molar-refractivity contribution is 8.05. The minimum Gasteiger partial charge on any atom is -0.289 e. The lowest BCUT2D eigenvalue weighted by molar-refractivity contribution is -0.110. The largest absolute Gasteiger partial charge is 0.289 e. The topological polar surface area (TPSA) is 32.7 Å². The van der Waals surface area contributed by atoms with Gasteiger partial charge in [0.1, 0.15) is 17.9 Å². The Kier molecular flexibility index (Phi) is 5.11. The van der Waals surface area contributed by atoms with E-state index in [0.717, 1.165) is 11.8 Å². The standard InChI is InChI=1S/C24H24N2OP/c1-19-18-28(22-14-8-4-9-15-22,23-16-10-5-11-17-23)24(20(2)27)25-26(19)21-12-6-3-7-13-21/h3-17,19H,18H2,1-2H3/q+1. The summed E-state index contributed by atoms with van der Waals surface area (Å²) < 4.78 is 0. The first-order chi connectivity index (χ1) is 13.6. The zero-order chi connectivity index (χ0) is 19.6. The highest BCUT2D eigenvalue weighted by atomic mass is 31.2. The molecule has 3 nitrogen and oxygen atoms in total. The molecule has 1 aliphatic heterocycles. The molecule has 1 unspecified atom stereocenters. The van der Waals surface area contributed by atoms with Crippen molar-refractivity contribution >= 4 is 34.8 Å². The van der Waals surface area contributed by atoms with Crippen molar-refractivity contribution in [1.29, 1.82) is 0 Å². The summed E-state index contributed by atoms with van der Waals surface area (Å²) in [4.78, 5) is 12.9. The highest BCUT2D eigenvalue weighted by Crippen LogP contribution is 2.61. The van der Waals surface area contributed by atoms with Gasteiger partial charge in [-0.2, -0.15) is 0 Å². The minimum atomic E-state index is -2.12.